The fourth-order valence-corrected chi connectivity index (χ4v) is 2.51. The summed E-state index contributed by atoms with van der Waals surface area (Å²) in [6.45, 7) is 0.713. The maximum atomic E-state index is 11.8. The molecule has 112 valence electrons. The number of benzene rings is 1. The highest BCUT2D eigenvalue weighted by molar-refractivity contribution is 5.90. The molecule has 0 bridgehead atoms. The molecule has 1 aromatic carbocycles. The summed E-state index contributed by atoms with van der Waals surface area (Å²) in [6, 6.07) is 6.83. The zero-order chi connectivity index (χ0) is 15.1. The largest absolute Gasteiger partial charge is 0.478 e. The smallest absolute Gasteiger partial charge is 0.328 e. The Hall–Kier alpha value is -2.30. The van der Waals surface area contributed by atoms with Crippen molar-refractivity contribution in [1.82, 2.24) is 5.32 Å². The van der Waals surface area contributed by atoms with Crippen LogP contribution in [0.1, 0.15) is 31.2 Å². The third-order valence-electron chi connectivity index (χ3n) is 3.59. The van der Waals surface area contributed by atoms with E-state index in [1.807, 2.05) is 0 Å². The molecule has 1 aliphatic rings. The van der Waals surface area contributed by atoms with Crippen LogP contribution in [-0.4, -0.2) is 23.7 Å². The fraction of sp³-hybridized carbons (Fsp3) is 0.375. The fourth-order valence-electron chi connectivity index (χ4n) is 2.51. The quantitative estimate of drug-likeness (QED) is 0.728. The maximum absolute atomic E-state index is 11.8. The summed E-state index contributed by atoms with van der Waals surface area (Å²) in [5.41, 5.74) is 1.37. The topological polar surface area (TPSA) is 78.4 Å². The molecular weight excluding hydrogens is 268 g/mol. The van der Waals surface area contributed by atoms with Gasteiger partial charge in [-0.1, -0.05) is 25.0 Å². The SMILES string of the molecule is O=C(O)/C=C/c1cccc(NC(=O)NCC2CCCC2)c1. The molecule has 1 aromatic rings. The number of amides is 2. The monoisotopic (exact) mass is 288 g/mol. The first-order chi connectivity index (χ1) is 10.1. The number of carbonyl (C=O) groups excluding carboxylic acids is 1. The molecule has 0 atom stereocenters. The van der Waals surface area contributed by atoms with E-state index in [1.165, 1.54) is 31.8 Å². The van der Waals surface area contributed by atoms with Gasteiger partial charge in [-0.15, -0.1) is 0 Å². The van der Waals surface area contributed by atoms with E-state index in [0.717, 1.165) is 11.6 Å². The zero-order valence-corrected chi connectivity index (χ0v) is 11.8. The summed E-state index contributed by atoms with van der Waals surface area (Å²) in [7, 11) is 0. The molecule has 0 aromatic heterocycles. The minimum absolute atomic E-state index is 0.221. The number of hydrogen-bond acceptors (Lipinski definition) is 2. The molecule has 2 amide bonds. The molecular formula is C16H20N2O3. The summed E-state index contributed by atoms with van der Waals surface area (Å²) < 4.78 is 0. The average molecular weight is 288 g/mol. The molecule has 0 saturated heterocycles. The van der Waals surface area contributed by atoms with Crippen molar-refractivity contribution in [2.75, 3.05) is 11.9 Å². The number of urea groups is 1. The molecule has 1 fully saturated rings. The van der Waals surface area contributed by atoms with E-state index < -0.39 is 5.97 Å². The van der Waals surface area contributed by atoms with E-state index in [2.05, 4.69) is 10.6 Å². The maximum Gasteiger partial charge on any atom is 0.328 e. The van der Waals surface area contributed by atoms with Crippen molar-refractivity contribution < 1.29 is 14.7 Å². The van der Waals surface area contributed by atoms with Crippen LogP contribution in [0.5, 0.6) is 0 Å². The molecule has 0 heterocycles. The van der Waals surface area contributed by atoms with Gasteiger partial charge in [0.2, 0.25) is 0 Å². The predicted molar refractivity (Wildman–Crippen MR) is 82.1 cm³/mol. The van der Waals surface area contributed by atoms with Gasteiger partial charge >= 0.3 is 12.0 Å². The Balaban J connectivity index is 1.85. The Kier molecular flexibility index (Phi) is 5.37. The molecule has 0 unspecified atom stereocenters. The highest BCUT2D eigenvalue weighted by Gasteiger charge is 2.15. The Morgan fingerprint density at radius 1 is 1.29 bits per heavy atom. The van der Waals surface area contributed by atoms with Gasteiger partial charge in [-0.2, -0.15) is 0 Å². The number of carboxylic acid groups (broad SMARTS) is 1. The van der Waals surface area contributed by atoms with Crippen molar-refractivity contribution in [1.29, 1.82) is 0 Å². The third kappa shape index (κ3) is 5.30. The summed E-state index contributed by atoms with van der Waals surface area (Å²) in [5, 5.41) is 14.2. The molecule has 0 spiro atoms. The molecule has 0 radical (unpaired) electrons. The first-order valence-corrected chi connectivity index (χ1v) is 7.19. The van der Waals surface area contributed by atoms with Crippen molar-refractivity contribution in [2.24, 2.45) is 5.92 Å². The van der Waals surface area contributed by atoms with E-state index in [-0.39, 0.29) is 6.03 Å². The van der Waals surface area contributed by atoms with Gasteiger partial charge in [-0.25, -0.2) is 9.59 Å². The van der Waals surface area contributed by atoms with Crippen LogP contribution in [0.4, 0.5) is 10.5 Å². The number of anilines is 1. The molecule has 3 N–H and O–H groups in total. The van der Waals surface area contributed by atoms with Crippen LogP contribution in [0.3, 0.4) is 0 Å². The van der Waals surface area contributed by atoms with Crippen molar-refractivity contribution in [3.8, 4) is 0 Å². The number of carbonyl (C=O) groups is 2. The van der Waals surface area contributed by atoms with Gasteiger partial charge in [-0.3, -0.25) is 0 Å². The molecule has 21 heavy (non-hydrogen) atoms. The lowest BCUT2D eigenvalue weighted by molar-refractivity contribution is -0.131. The molecule has 0 aliphatic heterocycles. The Labute approximate surface area is 124 Å². The van der Waals surface area contributed by atoms with E-state index in [1.54, 1.807) is 24.3 Å². The zero-order valence-electron chi connectivity index (χ0n) is 11.8. The lowest BCUT2D eigenvalue weighted by Gasteiger charge is -2.11. The Bertz CT molecular complexity index is 534. The first-order valence-electron chi connectivity index (χ1n) is 7.19. The molecule has 5 nitrogen and oxygen atoms in total. The standard InChI is InChI=1S/C16H20N2O3/c19-15(20)9-8-12-6-3-7-14(10-12)18-16(21)17-11-13-4-1-2-5-13/h3,6-10,13H,1-2,4-5,11H2,(H,19,20)(H2,17,18,21)/b9-8+. The number of aliphatic carboxylic acids is 1. The van der Waals surface area contributed by atoms with Gasteiger partial charge in [0.25, 0.3) is 0 Å². The van der Waals surface area contributed by atoms with Gasteiger partial charge in [-0.05, 0) is 42.5 Å². The van der Waals surface area contributed by atoms with Crippen LogP contribution in [0, 0.1) is 5.92 Å². The second kappa shape index (κ2) is 7.47. The van der Waals surface area contributed by atoms with Gasteiger partial charge in [0.05, 0.1) is 0 Å². The predicted octanol–water partition coefficient (Wildman–Crippen LogP) is 3.10. The minimum Gasteiger partial charge on any atom is -0.478 e. The Morgan fingerprint density at radius 2 is 2.05 bits per heavy atom. The van der Waals surface area contributed by atoms with Gasteiger partial charge < -0.3 is 15.7 Å². The summed E-state index contributed by atoms with van der Waals surface area (Å²) >= 11 is 0. The summed E-state index contributed by atoms with van der Waals surface area (Å²) in [5.74, 6) is -0.400. The van der Waals surface area contributed by atoms with Gasteiger partial charge in [0.15, 0.2) is 0 Å². The Morgan fingerprint density at radius 3 is 2.76 bits per heavy atom. The van der Waals surface area contributed by atoms with Crippen molar-refractivity contribution in [3.63, 3.8) is 0 Å². The van der Waals surface area contributed by atoms with E-state index in [9.17, 15) is 9.59 Å². The van der Waals surface area contributed by atoms with Crippen LogP contribution in [0.15, 0.2) is 30.3 Å². The summed E-state index contributed by atoms with van der Waals surface area (Å²) in [4.78, 5) is 22.3. The van der Waals surface area contributed by atoms with Crippen molar-refractivity contribution in [3.05, 3.63) is 35.9 Å². The van der Waals surface area contributed by atoms with Crippen LogP contribution in [-0.2, 0) is 4.79 Å². The number of carboxylic acids is 1. The molecule has 5 heteroatoms. The van der Waals surface area contributed by atoms with E-state index in [0.29, 0.717) is 18.2 Å². The van der Waals surface area contributed by atoms with Crippen LogP contribution in [0.25, 0.3) is 6.08 Å². The van der Waals surface area contributed by atoms with Crippen LogP contribution < -0.4 is 10.6 Å². The van der Waals surface area contributed by atoms with Gasteiger partial charge in [0, 0.05) is 18.3 Å². The lowest BCUT2D eigenvalue weighted by atomic mass is 10.1. The number of rotatable bonds is 5. The second-order valence-corrected chi connectivity index (χ2v) is 5.28. The van der Waals surface area contributed by atoms with Gasteiger partial charge in [0.1, 0.15) is 0 Å². The molecule has 1 saturated carbocycles. The van der Waals surface area contributed by atoms with E-state index in [4.69, 9.17) is 5.11 Å². The average Bonchev–Trinajstić information content (AvgIpc) is 2.97. The highest BCUT2D eigenvalue weighted by Crippen LogP contribution is 2.23. The van der Waals surface area contributed by atoms with Crippen LogP contribution >= 0.6 is 0 Å². The van der Waals surface area contributed by atoms with E-state index >= 15 is 0 Å². The number of nitrogens with one attached hydrogen (secondary N) is 2. The highest BCUT2D eigenvalue weighted by atomic mass is 16.4. The second-order valence-electron chi connectivity index (χ2n) is 5.28. The number of hydrogen-bond donors (Lipinski definition) is 3. The first kappa shape index (κ1) is 15.1. The molecule has 2 rings (SSSR count). The normalized spacial score (nSPS) is 15.2. The summed E-state index contributed by atoms with van der Waals surface area (Å²) in [6.07, 6.45) is 7.45. The lowest BCUT2D eigenvalue weighted by Crippen LogP contribution is -2.32. The minimum atomic E-state index is -0.998. The van der Waals surface area contributed by atoms with Crippen molar-refractivity contribution in [2.45, 2.75) is 25.7 Å². The third-order valence-corrected chi connectivity index (χ3v) is 3.59. The van der Waals surface area contributed by atoms with Crippen LogP contribution in [0.2, 0.25) is 0 Å². The van der Waals surface area contributed by atoms with Crippen molar-refractivity contribution >= 4 is 23.8 Å². The molecule has 1 aliphatic carbocycles.